The predicted octanol–water partition coefficient (Wildman–Crippen LogP) is 3.10. The molecule has 5 nitrogen and oxygen atoms in total. The van der Waals surface area contributed by atoms with Crippen LogP contribution in [0.15, 0.2) is 30.3 Å². The van der Waals surface area contributed by atoms with E-state index in [9.17, 15) is 9.59 Å². The monoisotopic (exact) mass is 344 g/mol. The molecule has 1 heterocycles. The number of nitrogens with zero attached hydrogens (tertiary/aromatic N) is 1. The van der Waals surface area contributed by atoms with Crippen LogP contribution >= 0.6 is 0 Å². The SMILES string of the molecule is CCC(C)NC(=O)C1COC2(CCCCC2)N1C(=O)c1ccccc1. The smallest absolute Gasteiger partial charge is 0.256 e. The molecule has 1 saturated carbocycles. The average molecular weight is 344 g/mol. The first kappa shape index (κ1) is 17.9. The Hall–Kier alpha value is -1.88. The zero-order valence-electron chi connectivity index (χ0n) is 15.2. The van der Waals surface area contributed by atoms with Gasteiger partial charge in [-0.05, 0) is 51.2 Å². The van der Waals surface area contributed by atoms with Crippen LogP contribution < -0.4 is 5.32 Å². The highest BCUT2D eigenvalue weighted by Gasteiger charge is 2.52. The molecular weight excluding hydrogens is 316 g/mol. The zero-order chi connectivity index (χ0) is 17.9. The first-order valence-corrected chi connectivity index (χ1v) is 9.40. The molecule has 3 rings (SSSR count). The number of hydrogen-bond acceptors (Lipinski definition) is 3. The molecule has 1 spiro atoms. The molecule has 2 fully saturated rings. The molecule has 1 aliphatic carbocycles. The summed E-state index contributed by atoms with van der Waals surface area (Å²) in [5, 5.41) is 3.02. The minimum absolute atomic E-state index is 0.0871. The molecule has 5 heteroatoms. The van der Waals surface area contributed by atoms with Crippen LogP contribution in [0.25, 0.3) is 0 Å². The van der Waals surface area contributed by atoms with Crippen LogP contribution in [0.4, 0.5) is 0 Å². The third kappa shape index (κ3) is 3.56. The van der Waals surface area contributed by atoms with Gasteiger partial charge in [0.05, 0.1) is 6.61 Å². The van der Waals surface area contributed by atoms with Gasteiger partial charge in [0.25, 0.3) is 5.91 Å². The second kappa shape index (κ2) is 7.56. The largest absolute Gasteiger partial charge is 0.353 e. The summed E-state index contributed by atoms with van der Waals surface area (Å²) >= 11 is 0. The fourth-order valence-electron chi connectivity index (χ4n) is 3.83. The highest BCUT2D eigenvalue weighted by molar-refractivity contribution is 5.98. The Balaban J connectivity index is 1.89. The maximum atomic E-state index is 13.3. The summed E-state index contributed by atoms with van der Waals surface area (Å²) in [7, 11) is 0. The van der Waals surface area contributed by atoms with Crippen LogP contribution in [-0.4, -0.2) is 41.1 Å². The molecule has 1 aromatic rings. The first-order chi connectivity index (χ1) is 12.1. The molecular formula is C20H28N2O3. The Bertz CT molecular complexity index is 611. The molecule has 136 valence electrons. The summed E-state index contributed by atoms with van der Waals surface area (Å²) in [6.07, 6.45) is 5.67. The van der Waals surface area contributed by atoms with Gasteiger partial charge in [0.2, 0.25) is 5.91 Å². The first-order valence-electron chi connectivity index (χ1n) is 9.40. The van der Waals surface area contributed by atoms with Crippen molar-refractivity contribution in [1.82, 2.24) is 10.2 Å². The lowest BCUT2D eigenvalue weighted by atomic mass is 9.89. The predicted molar refractivity (Wildman–Crippen MR) is 96.1 cm³/mol. The molecule has 1 aromatic carbocycles. The lowest BCUT2D eigenvalue weighted by Crippen LogP contribution is -2.57. The summed E-state index contributed by atoms with van der Waals surface area (Å²) in [5.74, 6) is -0.217. The van der Waals surface area contributed by atoms with Crippen molar-refractivity contribution in [3.05, 3.63) is 35.9 Å². The van der Waals surface area contributed by atoms with Crippen LogP contribution in [0.1, 0.15) is 62.7 Å². The van der Waals surface area contributed by atoms with Gasteiger partial charge in [-0.25, -0.2) is 0 Å². The molecule has 1 N–H and O–H groups in total. The highest BCUT2D eigenvalue weighted by Crippen LogP contribution is 2.41. The molecule has 2 amide bonds. The van der Waals surface area contributed by atoms with E-state index in [1.54, 1.807) is 17.0 Å². The Morgan fingerprint density at radius 2 is 1.92 bits per heavy atom. The van der Waals surface area contributed by atoms with Crippen molar-refractivity contribution in [3.63, 3.8) is 0 Å². The molecule has 1 aliphatic heterocycles. The minimum atomic E-state index is -0.622. The highest BCUT2D eigenvalue weighted by atomic mass is 16.5. The van der Waals surface area contributed by atoms with Gasteiger partial charge < -0.3 is 10.1 Å². The molecule has 0 radical (unpaired) electrons. The fourth-order valence-corrected chi connectivity index (χ4v) is 3.83. The number of hydrogen-bond donors (Lipinski definition) is 1. The summed E-state index contributed by atoms with van der Waals surface area (Å²) in [6, 6.07) is 8.74. The van der Waals surface area contributed by atoms with Gasteiger partial charge in [-0.1, -0.05) is 31.5 Å². The minimum Gasteiger partial charge on any atom is -0.353 e. The van der Waals surface area contributed by atoms with Gasteiger partial charge >= 0.3 is 0 Å². The van der Waals surface area contributed by atoms with E-state index >= 15 is 0 Å². The normalized spacial score (nSPS) is 23.4. The van der Waals surface area contributed by atoms with E-state index in [1.165, 1.54) is 0 Å². The van der Waals surface area contributed by atoms with Crippen molar-refractivity contribution >= 4 is 11.8 Å². The summed E-state index contributed by atoms with van der Waals surface area (Å²) in [5.41, 5.74) is -0.0119. The molecule has 0 aromatic heterocycles. The van der Waals surface area contributed by atoms with Crippen LogP contribution in [-0.2, 0) is 9.53 Å². The number of carbonyl (C=O) groups is 2. The van der Waals surface area contributed by atoms with Gasteiger partial charge in [0, 0.05) is 11.6 Å². The zero-order valence-corrected chi connectivity index (χ0v) is 15.2. The second-order valence-electron chi connectivity index (χ2n) is 7.19. The maximum absolute atomic E-state index is 13.3. The maximum Gasteiger partial charge on any atom is 0.256 e. The number of carbonyl (C=O) groups excluding carboxylic acids is 2. The van der Waals surface area contributed by atoms with Crippen molar-refractivity contribution in [2.45, 2.75) is 70.2 Å². The molecule has 2 atom stereocenters. The number of benzene rings is 1. The van der Waals surface area contributed by atoms with Crippen molar-refractivity contribution in [3.8, 4) is 0 Å². The summed E-state index contributed by atoms with van der Waals surface area (Å²) in [4.78, 5) is 27.8. The summed E-state index contributed by atoms with van der Waals surface area (Å²) in [6.45, 7) is 4.29. The fraction of sp³-hybridized carbons (Fsp3) is 0.600. The quantitative estimate of drug-likeness (QED) is 0.913. The molecule has 2 unspecified atom stereocenters. The van der Waals surface area contributed by atoms with E-state index in [2.05, 4.69) is 5.32 Å². The van der Waals surface area contributed by atoms with Crippen LogP contribution in [0.2, 0.25) is 0 Å². The lowest BCUT2D eigenvalue weighted by molar-refractivity contribution is -0.127. The third-order valence-corrected chi connectivity index (χ3v) is 5.44. The van der Waals surface area contributed by atoms with E-state index in [-0.39, 0.29) is 24.5 Å². The van der Waals surface area contributed by atoms with E-state index < -0.39 is 11.8 Å². The number of amides is 2. The number of ether oxygens (including phenoxy) is 1. The van der Waals surface area contributed by atoms with E-state index in [0.29, 0.717) is 5.56 Å². The molecule has 0 bridgehead atoms. The van der Waals surface area contributed by atoms with Crippen molar-refractivity contribution < 1.29 is 14.3 Å². The molecule has 25 heavy (non-hydrogen) atoms. The number of rotatable bonds is 4. The van der Waals surface area contributed by atoms with Crippen molar-refractivity contribution in [2.75, 3.05) is 6.61 Å². The standard InChI is InChI=1S/C20H28N2O3/c1-3-15(2)21-18(23)17-14-25-20(12-8-5-9-13-20)22(17)19(24)16-10-6-4-7-11-16/h4,6-7,10-11,15,17H,3,5,8-9,12-14H2,1-2H3,(H,21,23). The topological polar surface area (TPSA) is 58.6 Å². The van der Waals surface area contributed by atoms with Crippen LogP contribution in [0, 0.1) is 0 Å². The van der Waals surface area contributed by atoms with Crippen molar-refractivity contribution in [2.24, 2.45) is 0 Å². The molecule has 2 aliphatic rings. The van der Waals surface area contributed by atoms with Crippen molar-refractivity contribution in [1.29, 1.82) is 0 Å². The van der Waals surface area contributed by atoms with Gasteiger partial charge in [0.15, 0.2) is 0 Å². The Kier molecular flexibility index (Phi) is 5.42. The van der Waals surface area contributed by atoms with Gasteiger partial charge in [-0.3, -0.25) is 14.5 Å². The van der Waals surface area contributed by atoms with E-state index in [4.69, 9.17) is 4.74 Å². The number of nitrogens with one attached hydrogen (secondary N) is 1. The Morgan fingerprint density at radius 1 is 1.24 bits per heavy atom. The van der Waals surface area contributed by atoms with Gasteiger partial charge in [-0.2, -0.15) is 0 Å². The van der Waals surface area contributed by atoms with Crippen LogP contribution in [0.5, 0.6) is 0 Å². The van der Waals surface area contributed by atoms with Crippen LogP contribution in [0.3, 0.4) is 0 Å². The average Bonchev–Trinajstić information content (AvgIpc) is 3.00. The third-order valence-electron chi connectivity index (χ3n) is 5.44. The summed E-state index contributed by atoms with van der Waals surface area (Å²) < 4.78 is 6.13. The lowest BCUT2D eigenvalue weighted by Gasteiger charge is -2.41. The Morgan fingerprint density at radius 3 is 2.56 bits per heavy atom. The van der Waals surface area contributed by atoms with E-state index in [1.807, 2.05) is 32.0 Å². The molecule has 1 saturated heterocycles. The van der Waals surface area contributed by atoms with Gasteiger partial charge in [0.1, 0.15) is 11.8 Å². The van der Waals surface area contributed by atoms with Gasteiger partial charge in [-0.15, -0.1) is 0 Å². The Labute approximate surface area is 149 Å². The second-order valence-corrected chi connectivity index (χ2v) is 7.19. The van der Waals surface area contributed by atoms with E-state index in [0.717, 1.165) is 38.5 Å².